The van der Waals surface area contributed by atoms with Crippen LogP contribution in [0.3, 0.4) is 0 Å². The fourth-order valence-corrected chi connectivity index (χ4v) is 1.86. The molecule has 0 atom stereocenters. The molecule has 2 rings (SSSR count). The van der Waals surface area contributed by atoms with Gasteiger partial charge in [0.1, 0.15) is 5.60 Å². The Bertz CT molecular complexity index is 606. The molecule has 0 unspecified atom stereocenters. The molecule has 19 heavy (non-hydrogen) atoms. The van der Waals surface area contributed by atoms with E-state index in [-0.39, 0.29) is 0 Å². The number of rotatable bonds is 1. The van der Waals surface area contributed by atoms with Crippen molar-refractivity contribution in [2.75, 3.05) is 0 Å². The van der Waals surface area contributed by atoms with Crippen LogP contribution in [0.5, 0.6) is 0 Å². The van der Waals surface area contributed by atoms with Crippen molar-refractivity contribution in [2.24, 2.45) is 0 Å². The van der Waals surface area contributed by atoms with E-state index in [0.717, 1.165) is 10.9 Å². The maximum absolute atomic E-state index is 12.0. The summed E-state index contributed by atoms with van der Waals surface area (Å²) in [5.41, 5.74) is 1.49. The Balaban J connectivity index is 2.38. The van der Waals surface area contributed by atoms with Crippen LogP contribution in [-0.4, -0.2) is 21.5 Å². The second kappa shape index (κ2) is 4.68. The highest BCUT2D eigenvalue weighted by Crippen LogP contribution is 2.22. The van der Waals surface area contributed by atoms with Gasteiger partial charge in [-0.05, 0) is 44.4 Å². The van der Waals surface area contributed by atoms with Crippen molar-refractivity contribution in [3.63, 3.8) is 0 Å². The molecule has 0 fully saturated rings. The highest BCUT2D eigenvalue weighted by Gasteiger charge is 2.20. The van der Waals surface area contributed by atoms with Crippen LogP contribution in [0.1, 0.15) is 46.1 Å². The number of nitrogens with zero attached hydrogens (tertiary/aromatic N) is 2. The van der Waals surface area contributed by atoms with Gasteiger partial charge in [0.25, 0.3) is 0 Å². The first-order valence-electron chi connectivity index (χ1n) is 6.49. The molecule has 1 aromatic heterocycles. The van der Waals surface area contributed by atoms with Gasteiger partial charge in [0.2, 0.25) is 0 Å². The van der Waals surface area contributed by atoms with Gasteiger partial charge in [0, 0.05) is 5.39 Å². The molecule has 0 bridgehead atoms. The van der Waals surface area contributed by atoms with E-state index >= 15 is 0 Å². The molecule has 0 amide bonds. The Hall–Kier alpha value is -1.84. The molecule has 102 valence electrons. The number of hydrogen-bond acceptors (Lipinski definition) is 3. The van der Waals surface area contributed by atoms with E-state index in [1.807, 2.05) is 32.9 Å². The maximum atomic E-state index is 12.0. The van der Waals surface area contributed by atoms with E-state index in [0.29, 0.717) is 5.92 Å². The topological polar surface area (TPSA) is 44.1 Å². The number of hydrogen-bond donors (Lipinski definition) is 0. The SMILES string of the molecule is CC(C)c1ccc2c(cnn2C(=O)OC(C)(C)C)c1. The second-order valence-corrected chi connectivity index (χ2v) is 6.01. The number of carbonyl (C=O) groups is 1. The number of aromatic nitrogens is 2. The van der Waals surface area contributed by atoms with E-state index in [2.05, 4.69) is 25.0 Å². The lowest BCUT2D eigenvalue weighted by atomic mass is 10.0. The number of benzene rings is 1. The van der Waals surface area contributed by atoms with Gasteiger partial charge >= 0.3 is 6.09 Å². The summed E-state index contributed by atoms with van der Waals surface area (Å²) in [5, 5.41) is 5.08. The van der Waals surface area contributed by atoms with Crippen LogP contribution < -0.4 is 0 Å². The van der Waals surface area contributed by atoms with Crippen molar-refractivity contribution in [1.29, 1.82) is 0 Å². The zero-order valence-electron chi connectivity index (χ0n) is 12.1. The van der Waals surface area contributed by atoms with Crippen LogP contribution in [0.2, 0.25) is 0 Å². The molecular weight excluding hydrogens is 240 g/mol. The van der Waals surface area contributed by atoms with Crippen LogP contribution in [0.4, 0.5) is 4.79 Å². The Morgan fingerprint density at radius 2 is 2.00 bits per heavy atom. The van der Waals surface area contributed by atoms with Crippen LogP contribution >= 0.6 is 0 Å². The minimum atomic E-state index is -0.521. The van der Waals surface area contributed by atoms with Crippen LogP contribution in [-0.2, 0) is 4.74 Å². The van der Waals surface area contributed by atoms with E-state index in [1.54, 1.807) is 6.20 Å². The van der Waals surface area contributed by atoms with Crippen molar-refractivity contribution < 1.29 is 9.53 Å². The standard InChI is InChI=1S/C15H20N2O2/c1-10(2)11-6-7-13-12(8-11)9-16-17(13)14(18)19-15(3,4)5/h6-10H,1-5H3. The first-order chi connectivity index (χ1) is 8.78. The largest absolute Gasteiger partial charge is 0.442 e. The maximum Gasteiger partial charge on any atom is 0.435 e. The van der Waals surface area contributed by atoms with Crippen molar-refractivity contribution in [3.8, 4) is 0 Å². The lowest BCUT2D eigenvalue weighted by Crippen LogP contribution is -2.27. The van der Waals surface area contributed by atoms with Gasteiger partial charge in [-0.15, -0.1) is 0 Å². The summed E-state index contributed by atoms with van der Waals surface area (Å²) in [5.74, 6) is 0.453. The summed E-state index contributed by atoms with van der Waals surface area (Å²) in [7, 11) is 0. The third kappa shape index (κ3) is 2.95. The fraction of sp³-hybridized carbons (Fsp3) is 0.467. The zero-order chi connectivity index (χ0) is 14.2. The van der Waals surface area contributed by atoms with Crippen molar-refractivity contribution in [3.05, 3.63) is 30.0 Å². The van der Waals surface area contributed by atoms with Crippen LogP contribution in [0, 0.1) is 0 Å². The summed E-state index contributed by atoms with van der Waals surface area (Å²) in [6, 6.07) is 6.00. The lowest BCUT2D eigenvalue weighted by molar-refractivity contribution is 0.0523. The molecule has 4 nitrogen and oxygen atoms in total. The van der Waals surface area contributed by atoms with Crippen molar-refractivity contribution in [2.45, 2.75) is 46.1 Å². The lowest BCUT2D eigenvalue weighted by Gasteiger charge is -2.19. The van der Waals surface area contributed by atoms with Gasteiger partial charge in [0.15, 0.2) is 0 Å². The third-order valence-corrected chi connectivity index (χ3v) is 2.83. The average molecular weight is 260 g/mol. The normalized spacial score (nSPS) is 12.1. The van der Waals surface area contributed by atoms with Gasteiger partial charge in [-0.2, -0.15) is 9.78 Å². The molecule has 0 aliphatic carbocycles. The summed E-state index contributed by atoms with van der Waals surface area (Å²) >= 11 is 0. The van der Waals surface area contributed by atoms with Gasteiger partial charge in [-0.1, -0.05) is 19.9 Å². The molecule has 0 N–H and O–H groups in total. The zero-order valence-corrected chi connectivity index (χ0v) is 12.1. The van der Waals surface area contributed by atoms with Crippen molar-refractivity contribution >= 4 is 17.0 Å². The molecule has 4 heteroatoms. The monoisotopic (exact) mass is 260 g/mol. The summed E-state index contributed by atoms with van der Waals surface area (Å²) in [6.07, 6.45) is 1.25. The quantitative estimate of drug-likeness (QED) is 0.780. The fourth-order valence-electron chi connectivity index (χ4n) is 1.86. The Kier molecular flexibility index (Phi) is 3.35. The highest BCUT2D eigenvalue weighted by molar-refractivity contribution is 5.88. The third-order valence-electron chi connectivity index (χ3n) is 2.83. The Morgan fingerprint density at radius 3 is 2.58 bits per heavy atom. The van der Waals surface area contributed by atoms with E-state index in [4.69, 9.17) is 4.74 Å². The summed E-state index contributed by atoms with van der Waals surface area (Å²) in [4.78, 5) is 12.0. The molecule has 0 aliphatic heterocycles. The number of ether oxygens (including phenoxy) is 1. The molecule has 0 radical (unpaired) electrons. The smallest absolute Gasteiger partial charge is 0.435 e. The number of fused-ring (bicyclic) bond motifs is 1. The van der Waals surface area contributed by atoms with Crippen LogP contribution in [0.25, 0.3) is 10.9 Å². The second-order valence-electron chi connectivity index (χ2n) is 6.01. The van der Waals surface area contributed by atoms with E-state index < -0.39 is 11.7 Å². The van der Waals surface area contributed by atoms with Gasteiger partial charge in [0.05, 0.1) is 11.7 Å². The van der Waals surface area contributed by atoms with Gasteiger partial charge in [-0.3, -0.25) is 0 Å². The summed E-state index contributed by atoms with van der Waals surface area (Å²) < 4.78 is 6.64. The minimum absolute atomic E-state index is 0.445. The van der Waals surface area contributed by atoms with E-state index in [9.17, 15) is 4.79 Å². The molecular formula is C15H20N2O2. The minimum Gasteiger partial charge on any atom is -0.442 e. The average Bonchev–Trinajstić information content (AvgIpc) is 2.68. The van der Waals surface area contributed by atoms with Crippen LogP contribution in [0.15, 0.2) is 24.4 Å². The molecule has 0 saturated carbocycles. The van der Waals surface area contributed by atoms with Crippen molar-refractivity contribution in [1.82, 2.24) is 9.78 Å². The molecule has 0 spiro atoms. The predicted molar refractivity (Wildman–Crippen MR) is 75.5 cm³/mol. The molecule has 0 aliphatic rings. The molecule has 2 aromatic rings. The van der Waals surface area contributed by atoms with Gasteiger partial charge in [-0.25, -0.2) is 4.79 Å². The number of carbonyl (C=O) groups excluding carboxylic acids is 1. The summed E-state index contributed by atoms with van der Waals surface area (Å²) in [6.45, 7) is 9.80. The molecule has 1 aromatic carbocycles. The first kappa shape index (κ1) is 13.6. The highest BCUT2D eigenvalue weighted by atomic mass is 16.6. The Morgan fingerprint density at radius 1 is 1.32 bits per heavy atom. The van der Waals surface area contributed by atoms with E-state index in [1.165, 1.54) is 10.2 Å². The first-order valence-corrected chi connectivity index (χ1v) is 6.49. The van der Waals surface area contributed by atoms with Gasteiger partial charge < -0.3 is 4.74 Å². The Labute approximate surface area is 113 Å². The molecule has 0 saturated heterocycles. The predicted octanol–water partition coefficient (Wildman–Crippen LogP) is 3.94. The molecule has 1 heterocycles.